The second kappa shape index (κ2) is 5.11. The predicted octanol–water partition coefficient (Wildman–Crippen LogP) is 2.44. The van der Waals surface area contributed by atoms with Crippen LogP contribution in [0, 0.1) is 11.3 Å². The lowest BCUT2D eigenvalue weighted by Crippen LogP contribution is -2.26. The zero-order valence-electron chi connectivity index (χ0n) is 11.8. The Morgan fingerprint density at radius 1 is 1.47 bits per heavy atom. The van der Waals surface area contributed by atoms with Gasteiger partial charge in [-0.05, 0) is 36.8 Å². The second-order valence-electron chi connectivity index (χ2n) is 5.82. The van der Waals surface area contributed by atoms with Gasteiger partial charge in [-0.1, -0.05) is 13.8 Å². The smallest absolute Gasteiger partial charge is 0.251 e. The van der Waals surface area contributed by atoms with Gasteiger partial charge in [0.1, 0.15) is 5.75 Å². The molecule has 0 radical (unpaired) electrons. The van der Waals surface area contributed by atoms with E-state index in [2.05, 4.69) is 19.2 Å². The third-order valence-electron chi connectivity index (χ3n) is 3.73. The fourth-order valence-corrected chi connectivity index (χ4v) is 2.25. The van der Waals surface area contributed by atoms with Crippen molar-refractivity contribution in [1.29, 1.82) is 0 Å². The van der Waals surface area contributed by atoms with Crippen molar-refractivity contribution in [1.82, 2.24) is 5.32 Å². The van der Waals surface area contributed by atoms with Crippen LogP contribution in [0.1, 0.15) is 37.6 Å². The molecule has 1 fully saturated rings. The molecule has 0 saturated heterocycles. The molecule has 1 amide bonds. The van der Waals surface area contributed by atoms with Crippen LogP contribution in [-0.4, -0.2) is 19.1 Å². The third-order valence-corrected chi connectivity index (χ3v) is 3.73. The van der Waals surface area contributed by atoms with Gasteiger partial charge in [0.2, 0.25) is 0 Å². The summed E-state index contributed by atoms with van der Waals surface area (Å²) in [5.74, 6) is 1.14. The van der Waals surface area contributed by atoms with Crippen LogP contribution in [0.25, 0.3) is 0 Å². The summed E-state index contributed by atoms with van der Waals surface area (Å²) in [6.45, 7) is 7.62. The van der Waals surface area contributed by atoms with Crippen LogP contribution in [-0.2, 0) is 0 Å². The minimum atomic E-state index is -0.0871. The number of anilines is 1. The van der Waals surface area contributed by atoms with Crippen LogP contribution >= 0.6 is 0 Å². The van der Waals surface area contributed by atoms with E-state index in [1.807, 2.05) is 6.92 Å². The first-order valence-electron chi connectivity index (χ1n) is 6.74. The number of ether oxygens (including phenoxy) is 1. The summed E-state index contributed by atoms with van der Waals surface area (Å²) in [7, 11) is 0. The van der Waals surface area contributed by atoms with Crippen molar-refractivity contribution in [3.8, 4) is 5.75 Å². The van der Waals surface area contributed by atoms with E-state index in [0.29, 0.717) is 34.9 Å². The minimum absolute atomic E-state index is 0.0871. The van der Waals surface area contributed by atoms with Crippen molar-refractivity contribution in [2.45, 2.75) is 27.2 Å². The zero-order valence-corrected chi connectivity index (χ0v) is 11.8. The van der Waals surface area contributed by atoms with Gasteiger partial charge in [0, 0.05) is 23.9 Å². The highest BCUT2D eigenvalue weighted by molar-refractivity contribution is 5.95. The van der Waals surface area contributed by atoms with E-state index < -0.39 is 0 Å². The number of benzene rings is 1. The Kier molecular flexibility index (Phi) is 3.69. The molecule has 0 heterocycles. The SMILES string of the molecule is CCOc1cc(N)cc(C(=O)NCC2CC2(C)C)c1. The molecule has 0 bridgehead atoms. The van der Waals surface area contributed by atoms with Gasteiger partial charge in [-0.3, -0.25) is 4.79 Å². The molecule has 4 heteroatoms. The van der Waals surface area contributed by atoms with Crippen molar-refractivity contribution in [3.05, 3.63) is 23.8 Å². The highest BCUT2D eigenvalue weighted by atomic mass is 16.5. The number of amides is 1. The maximum atomic E-state index is 12.1. The molecule has 1 atom stereocenters. The molecule has 1 aliphatic rings. The average molecular weight is 262 g/mol. The molecular formula is C15H22N2O2. The number of hydrogen-bond donors (Lipinski definition) is 2. The van der Waals surface area contributed by atoms with Crippen molar-refractivity contribution in [2.24, 2.45) is 11.3 Å². The largest absolute Gasteiger partial charge is 0.494 e. The maximum Gasteiger partial charge on any atom is 0.251 e. The monoisotopic (exact) mass is 262 g/mol. The van der Waals surface area contributed by atoms with Gasteiger partial charge in [0.15, 0.2) is 0 Å². The summed E-state index contributed by atoms with van der Waals surface area (Å²) in [4.78, 5) is 12.1. The first-order valence-corrected chi connectivity index (χ1v) is 6.74. The Balaban J connectivity index is 1.98. The normalized spacial score (nSPS) is 19.8. The number of carbonyl (C=O) groups is 1. The molecule has 1 aliphatic carbocycles. The summed E-state index contributed by atoms with van der Waals surface area (Å²) in [6.07, 6.45) is 1.18. The molecule has 0 aliphatic heterocycles. The molecule has 1 unspecified atom stereocenters. The van der Waals surface area contributed by atoms with Crippen molar-refractivity contribution in [2.75, 3.05) is 18.9 Å². The number of carbonyl (C=O) groups excluding carboxylic acids is 1. The second-order valence-corrected chi connectivity index (χ2v) is 5.82. The molecule has 1 saturated carbocycles. The molecule has 3 N–H and O–H groups in total. The van der Waals surface area contributed by atoms with Crippen molar-refractivity contribution >= 4 is 11.6 Å². The quantitative estimate of drug-likeness (QED) is 0.801. The highest BCUT2D eigenvalue weighted by Crippen LogP contribution is 2.50. The Morgan fingerprint density at radius 2 is 2.16 bits per heavy atom. The Morgan fingerprint density at radius 3 is 2.74 bits per heavy atom. The summed E-state index contributed by atoms with van der Waals surface area (Å²) < 4.78 is 5.39. The lowest BCUT2D eigenvalue weighted by Gasteiger charge is -2.09. The highest BCUT2D eigenvalue weighted by Gasteiger charge is 2.45. The molecule has 104 valence electrons. The molecule has 2 rings (SSSR count). The zero-order chi connectivity index (χ0) is 14.0. The van der Waals surface area contributed by atoms with Gasteiger partial charge in [-0.25, -0.2) is 0 Å². The van der Waals surface area contributed by atoms with Gasteiger partial charge in [-0.2, -0.15) is 0 Å². The number of hydrogen-bond acceptors (Lipinski definition) is 3. The van der Waals surface area contributed by atoms with E-state index in [9.17, 15) is 4.79 Å². The van der Waals surface area contributed by atoms with Gasteiger partial charge in [0.05, 0.1) is 6.61 Å². The van der Waals surface area contributed by atoms with E-state index in [1.54, 1.807) is 18.2 Å². The summed E-state index contributed by atoms with van der Waals surface area (Å²) in [6, 6.07) is 5.13. The lowest BCUT2D eigenvalue weighted by molar-refractivity contribution is 0.0950. The number of nitrogens with two attached hydrogens (primary N) is 1. The maximum absolute atomic E-state index is 12.1. The standard InChI is InChI=1S/C15H22N2O2/c1-4-19-13-6-10(5-12(16)7-13)14(18)17-9-11-8-15(11,2)3/h5-7,11H,4,8-9,16H2,1-3H3,(H,17,18). The topological polar surface area (TPSA) is 64.3 Å². The summed E-state index contributed by atoms with van der Waals surface area (Å²) in [5.41, 5.74) is 7.25. The van der Waals surface area contributed by atoms with Crippen molar-refractivity contribution < 1.29 is 9.53 Å². The van der Waals surface area contributed by atoms with Crippen LogP contribution in [0.3, 0.4) is 0 Å². The first-order chi connectivity index (χ1) is 8.92. The fraction of sp³-hybridized carbons (Fsp3) is 0.533. The minimum Gasteiger partial charge on any atom is -0.494 e. The first kappa shape index (κ1) is 13.7. The van der Waals surface area contributed by atoms with Crippen LogP contribution in [0.2, 0.25) is 0 Å². The Hall–Kier alpha value is -1.71. The molecule has 1 aromatic carbocycles. The van der Waals surface area contributed by atoms with Crippen LogP contribution in [0.5, 0.6) is 5.75 Å². The molecule has 4 nitrogen and oxygen atoms in total. The molecule has 0 aromatic heterocycles. The van der Waals surface area contributed by atoms with E-state index in [1.165, 1.54) is 6.42 Å². The van der Waals surface area contributed by atoms with Gasteiger partial charge in [-0.15, -0.1) is 0 Å². The van der Waals surface area contributed by atoms with Gasteiger partial charge >= 0.3 is 0 Å². The van der Waals surface area contributed by atoms with Crippen molar-refractivity contribution in [3.63, 3.8) is 0 Å². The Labute approximate surface area is 114 Å². The predicted molar refractivity (Wildman–Crippen MR) is 76.2 cm³/mol. The number of nitrogen functional groups attached to an aromatic ring is 1. The number of rotatable bonds is 5. The van der Waals surface area contributed by atoms with Gasteiger partial charge < -0.3 is 15.8 Å². The van der Waals surface area contributed by atoms with E-state index in [4.69, 9.17) is 10.5 Å². The molecule has 1 aromatic rings. The lowest BCUT2D eigenvalue weighted by atomic mass is 10.1. The molecule has 0 spiro atoms. The molecular weight excluding hydrogens is 240 g/mol. The van der Waals surface area contributed by atoms with E-state index in [-0.39, 0.29) is 5.91 Å². The third kappa shape index (κ3) is 3.40. The fourth-order valence-electron chi connectivity index (χ4n) is 2.25. The summed E-state index contributed by atoms with van der Waals surface area (Å²) >= 11 is 0. The average Bonchev–Trinajstić information content (AvgIpc) is 2.94. The van der Waals surface area contributed by atoms with E-state index in [0.717, 1.165) is 6.54 Å². The van der Waals surface area contributed by atoms with Gasteiger partial charge in [0.25, 0.3) is 5.91 Å². The van der Waals surface area contributed by atoms with Crippen LogP contribution in [0.4, 0.5) is 5.69 Å². The van der Waals surface area contributed by atoms with Crippen LogP contribution < -0.4 is 15.8 Å². The summed E-state index contributed by atoms with van der Waals surface area (Å²) in [5, 5.41) is 2.96. The molecule has 19 heavy (non-hydrogen) atoms. The Bertz CT molecular complexity index is 483. The van der Waals surface area contributed by atoms with E-state index >= 15 is 0 Å². The van der Waals surface area contributed by atoms with Crippen LogP contribution in [0.15, 0.2) is 18.2 Å². The number of nitrogens with one attached hydrogen (secondary N) is 1.